The number of hydrogen-bond acceptors (Lipinski definition) is 3. The molecule has 1 N–H and O–H groups in total. The van der Waals surface area contributed by atoms with Crippen molar-refractivity contribution in [3.63, 3.8) is 0 Å². The second-order valence-electron chi connectivity index (χ2n) is 7.32. The van der Waals surface area contributed by atoms with Gasteiger partial charge >= 0.3 is 0 Å². The van der Waals surface area contributed by atoms with Gasteiger partial charge in [0.15, 0.2) is 0 Å². The molecule has 4 rings (SSSR count). The number of nitrogens with one attached hydrogen (secondary N) is 1. The molecule has 0 radical (unpaired) electrons. The van der Waals surface area contributed by atoms with Crippen LogP contribution in [0.25, 0.3) is 11.0 Å². The van der Waals surface area contributed by atoms with Gasteiger partial charge in [0.25, 0.3) is 0 Å². The molecule has 2 heterocycles. The highest BCUT2D eigenvalue weighted by Gasteiger charge is 2.11. The van der Waals surface area contributed by atoms with Crippen molar-refractivity contribution in [3.8, 4) is 0 Å². The maximum atomic E-state index is 4.81. The molecule has 0 bridgehead atoms. The van der Waals surface area contributed by atoms with Crippen molar-refractivity contribution in [3.05, 3.63) is 82.1 Å². The van der Waals surface area contributed by atoms with Gasteiger partial charge in [-0.2, -0.15) is 4.98 Å². The fourth-order valence-corrected chi connectivity index (χ4v) is 3.79. The largest absolute Gasteiger partial charge is 0.328 e. The topological polar surface area (TPSA) is 42.7 Å². The number of benzene rings is 2. The van der Waals surface area contributed by atoms with Crippen LogP contribution in [0.2, 0.25) is 0 Å². The smallest absolute Gasteiger partial charge is 0.229 e. The van der Waals surface area contributed by atoms with Crippen molar-refractivity contribution < 1.29 is 0 Å². The maximum Gasteiger partial charge on any atom is 0.229 e. The summed E-state index contributed by atoms with van der Waals surface area (Å²) in [6.45, 7) is 7.19. The Bertz CT molecular complexity index is 1120. The number of nitrogens with zero attached hydrogens (tertiary/aromatic N) is 3. The van der Waals surface area contributed by atoms with Crippen molar-refractivity contribution in [2.45, 2.75) is 33.2 Å². The van der Waals surface area contributed by atoms with Crippen LogP contribution in [0.1, 0.15) is 36.6 Å². The predicted octanol–water partition coefficient (Wildman–Crippen LogP) is 6.42. The van der Waals surface area contributed by atoms with Crippen LogP contribution >= 0.6 is 15.9 Å². The number of hydrogen-bond donors (Lipinski definition) is 1. The van der Waals surface area contributed by atoms with Gasteiger partial charge in [-0.3, -0.25) is 0 Å². The summed E-state index contributed by atoms with van der Waals surface area (Å²) in [5.74, 6) is 1.09. The molecular weight excluding hydrogens is 412 g/mol. The molecule has 142 valence electrons. The van der Waals surface area contributed by atoms with Crippen LogP contribution in [0.4, 0.5) is 11.6 Å². The first-order valence-corrected chi connectivity index (χ1v) is 10.2. The Hall–Kier alpha value is -2.66. The van der Waals surface area contributed by atoms with E-state index in [-0.39, 0.29) is 0 Å². The van der Waals surface area contributed by atoms with Crippen molar-refractivity contribution in [1.29, 1.82) is 0 Å². The SMILES string of the molecule is Cc1nc(Nc2ccc(C(C)C)cc2Br)nc2c1ccn2Cc1ccccc1. The molecule has 2 aromatic carbocycles. The number of rotatable bonds is 5. The Morgan fingerprint density at radius 1 is 1.04 bits per heavy atom. The molecule has 4 aromatic rings. The molecule has 0 saturated heterocycles. The number of anilines is 2. The fourth-order valence-electron chi connectivity index (χ4n) is 3.29. The normalized spacial score (nSPS) is 11.3. The van der Waals surface area contributed by atoms with Gasteiger partial charge in [-0.05, 0) is 58.1 Å². The first kappa shape index (κ1) is 18.7. The third-order valence-electron chi connectivity index (χ3n) is 4.91. The van der Waals surface area contributed by atoms with E-state index in [2.05, 4.69) is 99.4 Å². The number of aromatic nitrogens is 3. The quantitative estimate of drug-likeness (QED) is 0.394. The molecule has 5 heteroatoms. The van der Waals surface area contributed by atoms with Gasteiger partial charge in [0.2, 0.25) is 5.95 Å². The fraction of sp³-hybridized carbons (Fsp3) is 0.217. The molecule has 0 saturated carbocycles. The van der Waals surface area contributed by atoms with Gasteiger partial charge in [0.1, 0.15) is 5.65 Å². The van der Waals surface area contributed by atoms with Crippen LogP contribution in [0, 0.1) is 6.92 Å². The zero-order valence-corrected chi connectivity index (χ0v) is 17.9. The van der Waals surface area contributed by atoms with Crippen LogP contribution in [0.3, 0.4) is 0 Å². The number of aryl methyl sites for hydroxylation is 1. The predicted molar refractivity (Wildman–Crippen MR) is 119 cm³/mol. The Labute approximate surface area is 173 Å². The number of halogens is 1. The van der Waals surface area contributed by atoms with E-state index >= 15 is 0 Å². The van der Waals surface area contributed by atoms with Gasteiger partial charge in [-0.15, -0.1) is 0 Å². The lowest BCUT2D eigenvalue weighted by Crippen LogP contribution is -2.04. The minimum absolute atomic E-state index is 0.487. The van der Waals surface area contributed by atoms with Crippen LogP contribution in [0.5, 0.6) is 0 Å². The summed E-state index contributed by atoms with van der Waals surface area (Å²) in [5, 5.41) is 4.45. The molecule has 0 unspecified atom stereocenters. The van der Waals surface area contributed by atoms with E-state index in [1.54, 1.807) is 0 Å². The second-order valence-corrected chi connectivity index (χ2v) is 8.17. The molecule has 0 atom stereocenters. The van der Waals surface area contributed by atoms with E-state index in [0.717, 1.165) is 33.4 Å². The first-order valence-electron chi connectivity index (χ1n) is 9.45. The molecule has 2 aromatic heterocycles. The summed E-state index contributed by atoms with van der Waals surface area (Å²) in [4.78, 5) is 9.47. The zero-order chi connectivity index (χ0) is 19.7. The summed E-state index contributed by atoms with van der Waals surface area (Å²) in [6, 6.07) is 18.9. The Kier molecular flexibility index (Phi) is 5.18. The van der Waals surface area contributed by atoms with Gasteiger partial charge < -0.3 is 9.88 Å². The average Bonchev–Trinajstić information content (AvgIpc) is 3.07. The molecule has 0 spiro atoms. The molecule has 0 aliphatic carbocycles. The monoisotopic (exact) mass is 434 g/mol. The molecule has 4 nitrogen and oxygen atoms in total. The summed E-state index contributed by atoms with van der Waals surface area (Å²) < 4.78 is 3.18. The van der Waals surface area contributed by atoms with Gasteiger partial charge in [0, 0.05) is 22.6 Å². The molecule has 0 aliphatic rings. The van der Waals surface area contributed by atoms with Crippen molar-refractivity contribution in [2.24, 2.45) is 0 Å². The summed E-state index contributed by atoms with van der Waals surface area (Å²) in [5.41, 5.74) is 5.41. The third-order valence-corrected chi connectivity index (χ3v) is 5.57. The Balaban J connectivity index is 1.68. The lowest BCUT2D eigenvalue weighted by molar-refractivity contribution is 0.824. The van der Waals surface area contributed by atoms with Crippen molar-refractivity contribution in [2.75, 3.05) is 5.32 Å². The van der Waals surface area contributed by atoms with Crippen molar-refractivity contribution in [1.82, 2.24) is 14.5 Å². The lowest BCUT2D eigenvalue weighted by Gasteiger charge is -2.12. The standard InChI is InChI=1S/C23H23BrN4/c1-15(2)18-9-10-21(20(24)13-18)26-23-25-16(3)19-11-12-28(22(19)27-23)14-17-7-5-4-6-8-17/h4-13,15H,14H2,1-3H3,(H,25,26,27). The molecule has 0 aliphatic heterocycles. The van der Waals surface area contributed by atoms with E-state index in [1.807, 2.05) is 13.0 Å². The van der Waals surface area contributed by atoms with Crippen molar-refractivity contribution >= 4 is 38.6 Å². The minimum Gasteiger partial charge on any atom is -0.328 e. The maximum absolute atomic E-state index is 4.81. The lowest BCUT2D eigenvalue weighted by atomic mass is 10.0. The highest BCUT2D eigenvalue weighted by atomic mass is 79.9. The zero-order valence-electron chi connectivity index (χ0n) is 16.3. The molecule has 0 amide bonds. The minimum atomic E-state index is 0.487. The van der Waals surface area contributed by atoms with Gasteiger partial charge in [-0.1, -0.05) is 50.2 Å². The average molecular weight is 435 g/mol. The van der Waals surface area contributed by atoms with E-state index in [9.17, 15) is 0 Å². The van der Waals surface area contributed by atoms with Gasteiger partial charge in [-0.25, -0.2) is 4.98 Å². The summed E-state index contributed by atoms with van der Waals surface area (Å²) >= 11 is 3.67. The summed E-state index contributed by atoms with van der Waals surface area (Å²) in [6.07, 6.45) is 2.08. The van der Waals surface area contributed by atoms with E-state index < -0.39 is 0 Å². The van der Waals surface area contributed by atoms with Crippen LogP contribution in [-0.2, 0) is 6.54 Å². The summed E-state index contributed by atoms with van der Waals surface area (Å²) in [7, 11) is 0. The first-order chi connectivity index (χ1) is 13.5. The van der Waals surface area contributed by atoms with Crippen LogP contribution in [-0.4, -0.2) is 14.5 Å². The highest BCUT2D eigenvalue weighted by Crippen LogP contribution is 2.29. The van der Waals surface area contributed by atoms with Gasteiger partial charge in [0.05, 0.1) is 11.4 Å². The molecular formula is C23H23BrN4. The molecule has 28 heavy (non-hydrogen) atoms. The van der Waals surface area contributed by atoms with Crippen LogP contribution in [0.15, 0.2) is 65.3 Å². The van der Waals surface area contributed by atoms with E-state index in [0.29, 0.717) is 11.9 Å². The third kappa shape index (κ3) is 3.80. The Morgan fingerprint density at radius 3 is 2.54 bits per heavy atom. The Morgan fingerprint density at radius 2 is 1.82 bits per heavy atom. The molecule has 0 fully saturated rings. The number of fused-ring (bicyclic) bond motifs is 1. The van der Waals surface area contributed by atoms with E-state index in [4.69, 9.17) is 4.98 Å². The van der Waals surface area contributed by atoms with Crippen LogP contribution < -0.4 is 5.32 Å². The second kappa shape index (κ2) is 7.76. The highest BCUT2D eigenvalue weighted by molar-refractivity contribution is 9.10. The van der Waals surface area contributed by atoms with E-state index in [1.165, 1.54) is 11.1 Å².